The molecule has 2 amide bonds. The molecule has 0 atom stereocenters. The minimum atomic E-state index is -0.367. The number of hydrogen-bond acceptors (Lipinski definition) is 6. The fraction of sp³-hybridized carbons (Fsp3) is 0.231. The first kappa shape index (κ1) is 14.9. The second-order valence-corrected chi connectivity index (χ2v) is 5.10. The summed E-state index contributed by atoms with van der Waals surface area (Å²) in [5, 5.41) is 8.92. The fourth-order valence-electron chi connectivity index (χ4n) is 1.54. The Bertz CT molecular complexity index is 625. The zero-order valence-electron chi connectivity index (χ0n) is 11.5. The van der Waals surface area contributed by atoms with Crippen LogP contribution >= 0.6 is 11.3 Å². The van der Waals surface area contributed by atoms with E-state index in [9.17, 15) is 4.79 Å². The lowest BCUT2D eigenvalue weighted by Crippen LogP contribution is -2.34. The molecule has 21 heavy (non-hydrogen) atoms. The minimum absolute atomic E-state index is 0.367. The van der Waals surface area contributed by atoms with Gasteiger partial charge in [-0.05, 0) is 19.1 Å². The highest BCUT2D eigenvalue weighted by Crippen LogP contribution is 2.11. The van der Waals surface area contributed by atoms with Crippen molar-refractivity contribution in [1.29, 1.82) is 0 Å². The summed E-state index contributed by atoms with van der Waals surface area (Å²) in [6, 6.07) is 5.31. The fourth-order valence-corrected chi connectivity index (χ4v) is 2.14. The minimum Gasteiger partial charge on any atom is -0.375 e. The first-order valence-corrected chi connectivity index (χ1v) is 7.22. The molecule has 0 aliphatic rings. The number of nitrogens with zero attached hydrogens (tertiary/aromatic N) is 3. The number of urea groups is 1. The number of nitrogens with one attached hydrogen (secondary N) is 2. The van der Waals surface area contributed by atoms with Crippen molar-refractivity contribution in [3.63, 3.8) is 0 Å². The van der Waals surface area contributed by atoms with Crippen molar-refractivity contribution in [3.8, 4) is 0 Å². The lowest BCUT2D eigenvalue weighted by molar-refractivity contribution is 0.241. The number of carbonyl (C=O) groups excluding carboxylic acids is 1. The lowest BCUT2D eigenvalue weighted by atomic mass is 10.3. The normalized spacial score (nSPS) is 11.2. The van der Waals surface area contributed by atoms with Gasteiger partial charge in [0.1, 0.15) is 0 Å². The number of thiazole rings is 1. The van der Waals surface area contributed by atoms with E-state index in [0.29, 0.717) is 29.5 Å². The summed E-state index contributed by atoms with van der Waals surface area (Å²) in [6.07, 6.45) is 2.39. The lowest BCUT2D eigenvalue weighted by Gasteiger charge is -2.04. The van der Waals surface area contributed by atoms with Gasteiger partial charge in [0.05, 0.1) is 11.4 Å². The van der Waals surface area contributed by atoms with Crippen LogP contribution in [0.3, 0.4) is 0 Å². The Labute approximate surface area is 126 Å². The quantitative estimate of drug-likeness (QED) is 0.573. The molecule has 0 radical (unpaired) electrons. The third kappa shape index (κ3) is 4.84. The molecule has 110 valence electrons. The van der Waals surface area contributed by atoms with Crippen LogP contribution in [0, 0.1) is 0 Å². The van der Waals surface area contributed by atoms with E-state index in [1.807, 2.05) is 18.2 Å². The monoisotopic (exact) mass is 304 g/mol. The number of hydrogen-bond donors (Lipinski definition) is 3. The molecule has 7 nitrogen and oxygen atoms in total. The number of nitrogens with two attached hydrogens (primary N) is 1. The summed E-state index contributed by atoms with van der Waals surface area (Å²) in [4.78, 5) is 19.8. The van der Waals surface area contributed by atoms with Crippen molar-refractivity contribution in [1.82, 2.24) is 20.7 Å². The third-order valence-corrected chi connectivity index (χ3v) is 3.28. The molecule has 0 saturated carbocycles. The number of amides is 2. The number of pyridine rings is 1. The van der Waals surface area contributed by atoms with E-state index in [4.69, 9.17) is 5.73 Å². The van der Waals surface area contributed by atoms with Crippen molar-refractivity contribution < 1.29 is 4.79 Å². The molecule has 2 heterocycles. The van der Waals surface area contributed by atoms with Gasteiger partial charge in [0.2, 0.25) is 0 Å². The van der Waals surface area contributed by atoms with Gasteiger partial charge in [-0.25, -0.2) is 15.2 Å². The van der Waals surface area contributed by atoms with Gasteiger partial charge in [-0.2, -0.15) is 5.10 Å². The molecule has 0 aromatic carbocycles. The van der Waals surface area contributed by atoms with Crippen LogP contribution in [0.15, 0.2) is 34.9 Å². The number of aromatic nitrogens is 2. The molecule has 0 saturated heterocycles. The van der Waals surface area contributed by atoms with Gasteiger partial charge in [0.15, 0.2) is 5.13 Å². The van der Waals surface area contributed by atoms with Crippen LogP contribution in [0.1, 0.15) is 18.3 Å². The molecular weight excluding hydrogens is 288 g/mol. The van der Waals surface area contributed by atoms with Crippen LogP contribution in [0.25, 0.3) is 0 Å². The summed E-state index contributed by atoms with van der Waals surface area (Å²) in [7, 11) is 0. The summed E-state index contributed by atoms with van der Waals surface area (Å²) >= 11 is 1.33. The summed E-state index contributed by atoms with van der Waals surface area (Å²) in [6.45, 7) is 2.24. The maximum absolute atomic E-state index is 11.6. The molecule has 0 fully saturated rings. The van der Waals surface area contributed by atoms with Gasteiger partial charge in [-0.15, -0.1) is 11.3 Å². The van der Waals surface area contributed by atoms with Crippen LogP contribution in [0.5, 0.6) is 0 Å². The molecule has 8 heteroatoms. The molecule has 0 spiro atoms. The first-order chi connectivity index (χ1) is 10.1. The van der Waals surface area contributed by atoms with Crippen molar-refractivity contribution in [2.24, 2.45) is 5.10 Å². The second kappa shape index (κ2) is 7.34. The van der Waals surface area contributed by atoms with E-state index in [2.05, 4.69) is 25.8 Å². The zero-order valence-corrected chi connectivity index (χ0v) is 12.4. The molecule has 0 aliphatic carbocycles. The van der Waals surface area contributed by atoms with Crippen molar-refractivity contribution in [3.05, 3.63) is 41.2 Å². The summed E-state index contributed by atoms with van der Waals surface area (Å²) in [5.41, 5.74) is 10.1. The van der Waals surface area contributed by atoms with E-state index in [0.717, 1.165) is 5.69 Å². The van der Waals surface area contributed by atoms with Gasteiger partial charge >= 0.3 is 6.03 Å². The van der Waals surface area contributed by atoms with Crippen molar-refractivity contribution in [2.45, 2.75) is 13.3 Å². The van der Waals surface area contributed by atoms with Crippen LogP contribution in [-0.4, -0.2) is 28.3 Å². The van der Waals surface area contributed by atoms with Crippen molar-refractivity contribution in [2.75, 3.05) is 12.3 Å². The number of nitrogen functional groups attached to an aromatic ring is 1. The number of anilines is 1. The van der Waals surface area contributed by atoms with Crippen LogP contribution in [0.2, 0.25) is 0 Å². The topological polar surface area (TPSA) is 105 Å². The number of rotatable bonds is 5. The van der Waals surface area contributed by atoms with Gasteiger partial charge in [-0.1, -0.05) is 6.07 Å². The van der Waals surface area contributed by atoms with E-state index < -0.39 is 0 Å². The predicted molar refractivity (Wildman–Crippen MR) is 83.2 cm³/mol. The van der Waals surface area contributed by atoms with Gasteiger partial charge in [0, 0.05) is 30.2 Å². The summed E-state index contributed by atoms with van der Waals surface area (Å²) < 4.78 is 0. The number of carbonyl (C=O) groups is 1. The zero-order chi connectivity index (χ0) is 15.1. The average molecular weight is 304 g/mol. The second-order valence-electron chi connectivity index (χ2n) is 4.21. The Kier molecular flexibility index (Phi) is 5.22. The molecule has 2 aromatic rings. The largest absolute Gasteiger partial charge is 0.375 e. The van der Waals surface area contributed by atoms with Crippen LogP contribution < -0.4 is 16.5 Å². The molecule has 2 rings (SSSR count). The predicted octanol–water partition coefficient (Wildman–Crippen LogP) is 1.39. The Morgan fingerprint density at radius 2 is 2.33 bits per heavy atom. The van der Waals surface area contributed by atoms with Crippen LogP contribution in [-0.2, 0) is 6.42 Å². The third-order valence-electron chi connectivity index (χ3n) is 2.61. The molecule has 2 aromatic heterocycles. The van der Waals surface area contributed by atoms with E-state index >= 15 is 0 Å². The van der Waals surface area contributed by atoms with Gasteiger partial charge in [-0.3, -0.25) is 4.98 Å². The highest BCUT2D eigenvalue weighted by atomic mass is 32.1. The smallest absolute Gasteiger partial charge is 0.335 e. The molecule has 0 bridgehead atoms. The Morgan fingerprint density at radius 3 is 3.00 bits per heavy atom. The maximum atomic E-state index is 11.6. The Morgan fingerprint density at radius 1 is 1.48 bits per heavy atom. The van der Waals surface area contributed by atoms with Gasteiger partial charge in [0.25, 0.3) is 0 Å². The number of hydrazone groups is 1. The van der Waals surface area contributed by atoms with E-state index in [1.165, 1.54) is 11.3 Å². The van der Waals surface area contributed by atoms with E-state index in [-0.39, 0.29) is 6.03 Å². The Hall–Kier alpha value is -2.48. The van der Waals surface area contributed by atoms with Gasteiger partial charge < -0.3 is 11.1 Å². The average Bonchev–Trinajstić information content (AvgIpc) is 2.92. The maximum Gasteiger partial charge on any atom is 0.335 e. The van der Waals surface area contributed by atoms with Crippen LogP contribution in [0.4, 0.5) is 9.93 Å². The standard InChI is InChI=1S/C13H16N6OS/c1-9(11-8-21-12(14)17-11)18-19-13(20)16-7-5-10-4-2-3-6-15-10/h2-4,6,8H,5,7H2,1H3,(H2,14,17)(H2,16,19,20). The molecule has 0 aliphatic heterocycles. The summed E-state index contributed by atoms with van der Waals surface area (Å²) in [5.74, 6) is 0. The Balaban J connectivity index is 1.74. The van der Waals surface area contributed by atoms with E-state index in [1.54, 1.807) is 18.5 Å². The van der Waals surface area contributed by atoms with Crippen molar-refractivity contribution >= 4 is 28.2 Å². The molecular formula is C13H16N6OS. The molecule has 0 unspecified atom stereocenters. The molecule has 4 N–H and O–H groups in total. The first-order valence-electron chi connectivity index (χ1n) is 6.34. The highest BCUT2D eigenvalue weighted by molar-refractivity contribution is 7.13. The highest BCUT2D eigenvalue weighted by Gasteiger charge is 2.04. The SMILES string of the molecule is CC(=NNC(=O)NCCc1ccccn1)c1csc(N)n1.